The van der Waals surface area contributed by atoms with Crippen molar-refractivity contribution in [3.8, 4) is 0 Å². The monoisotopic (exact) mass is 374 g/mol. The summed E-state index contributed by atoms with van der Waals surface area (Å²) in [6, 6.07) is 10.9. The van der Waals surface area contributed by atoms with Gasteiger partial charge in [0.05, 0.1) is 11.5 Å². The van der Waals surface area contributed by atoms with Crippen molar-refractivity contribution in [2.45, 2.75) is 25.8 Å². The maximum Gasteiger partial charge on any atom is 0.274 e. The van der Waals surface area contributed by atoms with Crippen LogP contribution in [-0.4, -0.2) is 54.0 Å². The Bertz CT molecular complexity index is 897. The van der Waals surface area contributed by atoms with E-state index in [1.54, 1.807) is 19.2 Å². The van der Waals surface area contributed by atoms with Crippen molar-refractivity contribution in [3.63, 3.8) is 0 Å². The minimum absolute atomic E-state index is 0.0100. The molecule has 0 saturated carbocycles. The van der Waals surface area contributed by atoms with Crippen LogP contribution in [0.5, 0.6) is 0 Å². The zero-order valence-corrected chi connectivity index (χ0v) is 15.7. The van der Waals surface area contributed by atoms with Gasteiger partial charge in [-0.05, 0) is 36.6 Å². The largest absolute Gasteiger partial charge is 0.339 e. The normalized spacial score (nSPS) is 18.5. The molecule has 2 heterocycles. The Kier molecular flexibility index (Phi) is 5.22. The predicted octanol–water partition coefficient (Wildman–Crippen LogP) is 2.04. The molecule has 1 fully saturated rings. The number of benzene rings is 1. The first kappa shape index (κ1) is 18.3. The minimum Gasteiger partial charge on any atom is -0.339 e. The fourth-order valence-electron chi connectivity index (χ4n) is 3.03. The van der Waals surface area contributed by atoms with E-state index in [1.165, 1.54) is 4.90 Å². The molecule has 1 N–H and O–H groups in total. The lowest BCUT2D eigenvalue weighted by Gasteiger charge is -2.22. The highest BCUT2D eigenvalue weighted by atomic mass is 32.2. The van der Waals surface area contributed by atoms with Crippen LogP contribution in [0.4, 0.5) is 11.5 Å². The molecule has 3 rings (SSSR count). The molecule has 1 amide bonds. The van der Waals surface area contributed by atoms with Gasteiger partial charge < -0.3 is 10.2 Å². The average Bonchev–Trinajstić information content (AvgIpc) is 3.01. The summed E-state index contributed by atoms with van der Waals surface area (Å²) in [5, 5.41) is 11.3. The number of para-hydroxylation sites is 1. The van der Waals surface area contributed by atoms with E-state index in [0.717, 1.165) is 17.7 Å². The van der Waals surface area contributed by atoms with E-state index in [4.69, 9.17) is 0 Å². The molecule has 1 aliphatic heterocycles. The molecule has 0 bridgehead atoms. The Morgan fingerprint density at radius 1 is 1.23 bits per heavy atom. The molecule has 26 heavy (non-hydrogen) atoms. The molecule has 0 aliphatic carbocycles. The average molecular weight is 374 g/mol. The van der Waals surface area contributed by atoms with Gasteiger partial charge in [0.1, 0.15) is 0 Å². The summed E-state index contributed by atoms with van der Waals surface area (Å²) in [6.45, 7) is 2.08. The summed E-state index contributed by atoms with van der Waals surface area (Å²) >= 11 is 0. The number of amides is 1. The van der Waals surface area contributed by atoms with Gasteiger partial charge in [0.15, 0.2) is 21.3 Å². The number of nitrogens with one attached hydrogen (secondary N) is 1. The molecule has 7 nitrogen and oxygen atoms in total. The summed E-state index contributed by atoms with van der Waals surface area (Å²) in [4.78, 5) is 14.0. The van der Waals surface area contributed by atoms with Crippen molar-refractivity contribution in [1.82, 2.24) is 15.1 Å². The molecule has 0 spiro atoms. The molecule has 0 radical (unpaired) electrons. The third kappa shape index (κ3) is 4.01. The van der Waals surface area contributed by atoms with Crippen molar-refractivity contribution in [2.75, 3.05) is 23.9 Å². The first-order chi connectivity index (χ1) is 12.4. The van der Waals surface area contributed by atoms with Crippen molar-refractivity contribution in [3.05, 3.63) is 47.7 Å². The van der Waals surface area contributed by atoms with E-state index < -0.39 is 9.84 Å². The van der Waals surface area contributed by atoms with E-state index in [1.807, 2.05) is 24.3 Å². The van der Waals surface area contributed by atoms with Gasteiger partial charge in [-0.3, -0.25) is 4.79 Å². The fourth-order valence-corrected chi connectivity index (χ4v) is 4.80. The number of aromatic nitrogens is 2. The van der Waals surface area contributed by atoms with Gasteiger partial charge in [-0.1, -0.05) is 25.1 Å². The van der Waals surface area contributed by atoms with Crippen LogP contribution in [-0.2, 0) is 16.3 Å². The zero-order valence-electron chi connectivity index (χ0n) is 14.8. The quantitative estimate of drug-likeness (QED) is 0.861. The second kappa shape index (κ2) is 7.41. The molecule has 1 aromatic heterocycles. The van der Waals surface area contributed by atoms with Gasteiger partial charge in [0, 0.05) is 18.8 Å². The van der Waals surface area contributed by atoms with Crippen molar-refractivity contribution in [1.29, 1.82) is 0 Å². The van der Waals surface area contributed by atoms with Gasteiger partial charge in [0.25, 0.3) is 5.91 Å². The van der Waals surface area contributed by atoms with Crippen LogP contribution in [0.1, 0.15) is 29.4 Å². The number of carbonyl (C=O) groups excluding carboxylic acids is 1. The van der Waals surface area contributed by atoms with Crippen LogP contribution in [0.15, 0.2) is 36.4 Å². The Balaban J connectivity index is 1.70. The molecule has 138 valence electrons. The molecule has 1 unspecified atom stereocenters. The third-order valence-corrected chi connectivity index (χ3v) is 6.37. The molecule has 1 aromatic carbocycles. The Labute approximate surface area is 153 Å². The fraction of sp³-hybridized carbons (Fsp3) is 0.389. The minimum atomic E-state index is -3.04. The number of nitrogens with zero attached hydrogens (tertiary/aromatic N) is 3. The summed E-state index contributed by atoms with van der Waals surface area (Å²) in [6.07, 6.45) is 1.35. The van der Waals surface area contributed by atoms with Crippen LogP contribution >= 0.6 is 0 Å². The topological polar surface area (TPSA) is 92.3 Å². The summed E-state index contributed by atoms with van der Waals surface area (Å²) in [5.74, 6) is 0.366. The zero-order chi connectivity index (χ0) is 18.7. The highest BCUT2D eigenvalue weighted by molar-refractivity contribution is 7.91. The molecule has 2 aromatic rings. The van der Waals surface area contributed by atoms with Gasteiger partial charge in [-0.2, -0.15) is 0 Å². The van der Waals surface area contributed by atoms with E-state index in [-0.39, 0.29) is 29.1 Å². The Morgan fingerprint density at radius 2 is 2.00 bits per heavy atom. The number of hydrogen-bond donors (Lipinski definition) is 1. The Hall–Kier alpha value is -2.48. The van der Waals surface area contributed by atoms with E-state index in [0.29, 0.717) is 12.2 Å². The van der Waals surface area contributed by atoms with Gasteiger partial charge in [-0.15, -0.1) is 10.2 Å². The van der Waals surface area contributed by atoms with E-state index in [9.17, 15) is 13.2 Å². The van der Waals surface area contributed by atoms with Crippen molar-refractivity contribution in [2.24, 2.45) is 0 Å². The molecular formula is C18H22N4O3S. The maximum atomic E-state index is 12.5. The second-order valence-corrected chi connectivity index (χ2v) is 8.64. The Morgan fingerprint density at radius 3 is 2.62 bits per heavy atom. The van der Waals surface area contributed by atoms with Crippen LogP contribution in [0.25, 0.3) is 0 Å². The lowest BCUT2D eigenvalue weighted by molar-refractivity contribution is 0.0740. The molecule has 1 atom stereocenters. The van der Waals surface area contributed by atoms with E-state index in [2.05, 4.69) is 22.4 Å². The smallest absolute Gasteiger partial charge is 0.274 e. The first-order valence-corrected chi connectivity index (χ1v) is 10.4. The third-order valence-electron chi connectivity index (χ3n) is 4.62. The van der Waals surface area contributed by atoms with Crippen LogP contribution < -0.4 is 5.32 Å². The number of anilines is 2. The second-order valence-electron chi connectivity index (χ2n) is 6.41. The van der Waals surface area contributed by atoms with E-state index >= 15 is 0 Å². The number of carbonyl (C=O) groups is 1. The number of hydrogen-bond acceptors (Lipinski definition) is 6. The number of rotatable bonds is 5. The maximum absolute atomic E-state index is 12.5. The van der Waals surface area contributed by atoms with Crippen LogP contribution in [0.2, 0.25) is 0 Å². The van der Waals surface area contributed by atoms with Gasteiger partial charge >= 0.3 is 0 Å². The summed E-state index contributed by atoms with van der Waals surface area (Å²) < 4.78 is 23.2. The lowest BCUT2D eigenvalue weighted by Crippen LogP contribution is -2.38. The highest BCUT2D eigenvalue weighted by Gasteiger charge is 2.33. The highest BCUT2D eigenvalue weighted by Crippen LogP contribution is 2.21. The molecule has 1 aliphatic rings. The lowest BCUT2D eigenvalue weighted by atomic mass is 10.1. The predicted molar refractivity (Wildman–Crippen MR) is 100 cm³/mol. The standard InChI is InChI=1S/C18H22N4O3S/c1-3-13-6-4-5-7-15(13)19-17-9-8-16(20-21-17)18(23)22(2)14-10-11-26(24,25)12-14/h4-9,14H,3,10-12H2,1-2H3,(H,19,21). The SMILES string of the molecule is CCc1ccccc1Nc1ccc(C(=O)N(C)C2CCS(=O)(=O)C2)nn1. The van der Waals surface area contributed by atoms with Crippen LogP contribution in [0.3, 0.4) is 0 Å². The van der Waals surface area contributed by atoms with Crippen molar-refractivity contribution < 1.29 is 13.2 Å². The number of sulfone groups is 1. The van der Waals surface area contributed by atoms with Gasteiger partial charge in [0.2, 0.25) is 0 Å². The molecular weight excluding hydrogens is 352 g/mol. The van der Waals surface area contributed by atoms with Gasteiger partial charge in [-0.25, -0.2) is 8.42 Å². The summed E-state index contributed by atoms with van der Waals surface area (Å²) in [5.41, 5.74) is 2.32. The van der Waals surface area contributed by atoms with Crippen molar-refractivity contribution >= 4 is 27.2 Å². The first-order valence-electron chi connectivity index (χ1n) is 8.56. The summed E-state index contributed by atoms with van der Waals surface area (Å²) in [7, 11) is -1.43. The molecule has 8 heteroatoms. The number of aryl methyl sites for hydroxylation is 1. The van der Waals surface area contributed by atoms with Crippen LogP contribution in [0, 0.1) is 0 Å². The molecule has 1 saturated heterocycles.